The second-order valence-corrected chi connectivity index (χ2v) is 2.11. The van der Waals surface area contributed by atoms with Gasteiger partial charge in [-0.25, -0.2) is 0 Å². The zero-order valence-corrected chi connectivity index (χ0v) is 6.23. The average molecular weight is 143 g/mol. The topological polar surface area (TPSA) is 89.0 Å². The highest BCUT2D eigenvalue weighted by atomic mass is 15.2. The molecule has 0 aliphatic heterocycles. The number of hydrogen-bond donors (Lipinski definition) is 4. The number of guanidine groups is 1. The van der Waals surface area contributed by atoms with Crippen LogP contribution >= 0.6 is 0 Å². The number of nitrogens with one attached hydrogen (secondary N) is 3. The quantitative estimate of drug-likeness (QED) is 0.295. The third kappa shape index (κ3) is 3.71. The van der Waals surface area contributed by atoms with E-state index in [1.807, 2.05) is 0 Å². The number of likely N-dealkylation sites (N-methyl/N-ethyl adjacent to an activating group) is 1. The Hall–Kier alpha value is -1.26. The predicted octanol–water partition coefficient (Wildman–Crippen LogP) is -0.992. The molecule has 10 heavy (non-hydrogen) atoms. The summed E-state index contributed by atoms with van der Waals surface area (Å²) in [7, 11) is 3.54. The lowest BCUT2D eigenvalue weighted by atomic mass is 10.5. The Morgan fingerprint density at radius 3 is 2.30 bits per heavy atom. The molecular weight excluding hydrogens is 130 g/mol. The van der Waals surface area contributed by atoms with Crippen molar-refractivity contribution in [3.05, 3.63) is 0 Å². The molecule has 0 saturated heterocycles. The molecule has 0 rings (SSSR count). The van der Waals surface area contributed by atoms with E-state index < -0.39 is 0 Å². The van der Waals surface area contributed by atoms with Gasteiger partial charge in [-0.1, -0.05) is 0 Å². The lowest BCUT2D eigenvalue weighted by Gasteiger charge is -2.13. The molecule has 0 unspecified atom stereocenters. The minimum Gasteiger partial charge on any atom is -0.370 e. The second-order valence-electron chi connectivity index (χ2n) is 2.11. The van der Waals surface area contributed by atoms with Crippen molar-refractivity contribution < 1.29 is 0 Å². The van der Waals surface area contributed by atoms with Crippen molar-refractivity contribution in [1.82, 2.24) is 10.2 Å². The van der Waals surface area contributed by atoms with E-state index in [-0.39, 0.29) is 5.96 Å². The first-order valence-electron chi connectivity index (χ1n) is 2.86. The van der Waals surface area contributed by atoms with Crippen molar-refractivity contribution in [2.24, 2.45) is 5.73 Å². The minimum atomic E-state index is -0.105. The summed E-state index contributed by atoms with van der Waals surface area (Å²) in [6, 6.07) is 0. The molecule has 5 heteroatoms. The Morgan fingerprint density at radius 2 is 2.00 bits per heavy atom. The van der Waals surface area contributed by atoms with E-state index in [0.29, 0.717) is 12.4 Å². The van der Waals surface area contributed by atoms with Gasteiger partial charge in [-0.2, -0.15) is 0 Å². The molecule has 0 amide bonds. The van der Waals surface area contributed by atoms with Crippen molar-refractivity contribution in [1.29, 1.82) is 10.8 Å². The van der Waals surface area contributed by atoms with Gasteiger partial charge in [0.1, 0.15) is 5.84 Å². The van der Waals surface area contributed by atoms with Crippen LogP contribution in [0.1, 0.15) is 0 Å². The van der Waals surface area contributed by atoms with Crippen molar-refractivity contribution in [3.63, 3.8) is 0 Å². The summed E-state index contributed by atoms with van der Waals surface area (Å²) in [6.45, 7) is 0.308. The first-order valence-corrected chi connectivity index (χ1v) is 2.86. The minimum absolute atomic E-state index is 0.105. The van der Waals surface area contributed by atoms with Gasteiger partial charge in [-0.3, -0.25) is 10.8 Å². The molecule has 0 heterocycles. The molecule has 58 valence electrons. The van der Waals surface area contributed by atoms with Gasteiger partial charge in [0, 0.05) is 14.1 Å². The van der Waals surface area contributed by atoms with Crippen molar-refractivity contribution in [3.8, 4) is 0 Å². The molecule has 0 atom stereocenters. The smallest absolute Gasteiger partial charge is 0.186 e. The Labute approximate surface area is 60.2 Å². The fourth-order valence-corrected chi connectivity index (χ4v) is 0.337. The van der Waals surface area contributed by atoms with Crippen LogP contribution in [0.15, 0.2) is 0 Å². The van der Waals surface area contributed by atoms with Crippen molar-refractivity contribution in [2.45, 2.75) is 0 Å². The van der Waals surface area contributed by atoms with Crippen LogP contribution in [-0.2, 0) is 0 Å². The predicted molar refractivity (Wildman–Crippen MR) is 41.3 cm³/mol. The number of hydrogen-bond acceptors (Lipinski definition) is 2. The number of amidine groups is 1. The van der Waals surface area contributed by atoms with Crippen LogP contribution < -0.4 is 11.1 Å². The van der Waals surface area contributed by atoms with E-state index in [9.17, 15) is 0 Å². The SMILES string of the molecule is CN(C)C(=N)CNC(=N)N. The van der Waals surface area contributed by atoms with Crippen LogP contribution in [0.4, 0.5) is 0 Å². The van der Waals surface area contributed by atoms with Gasteiger partial charge >= 0.3 is 0 Å². The Balaban J connectivity index is 3.50. The van der Waals surface area contributed by atoms with Gasteiger partial charge in [-0.05, 0) is 0 Å². The van der Waals surface area contributed by atoms with Crippen LogP contribution in [-0.4, -0.2) is 37.3 Å². The van der Waals surface area contributed by atoms with Gasteiger partial charge in [0.15, 0.2) is 5.96 Å². The highest BCUT2D eigenvalue weighted by molar-refractivity contribution is 5.85. The maximum absolute atomic E-state index is 7.25. The maximum Gasteiger partial charge on any atom is 0.186 e. The second kappa shape index (κ2) is 3.71. The largest absolute Gasteiger partial charge is 0.370 e. The Morgan fingerprint density at radius 1 is 1.50 bits per heavy atom. The molecule has 0 radical (unpaired) electrons. The summed E-state index contributed by atoms with van der Waals surface area (Å²) in [5.41, 5.74) is 5.00. The zero-order chi connectivity index (χ0) is 8.15. The summed E-state index contributed by atoms with van der Waals surface area (Å²) in [4.78, 5) is 1.65. The highest BCUT2D eigenvalue weighted by Crippen LogP contribution is 1.74. The van der Waals surface area contributed by atoms with E-state index in [1.54, 1.807) is 19.0 Å². The first kappa shape index (κ1) is 8.74. The fourth-order valence-electron chi connectivity index (χ4n) is 0.337. The third-order valence-corrected chi connectivity index (χ3v) is 0.986. The number of rotatable bonds is 2. The molecule has 0 bridgehead atoms. The average Bonchev–Trinajstić information content (AvgIpc) is 1.82. The van der Waals surface area contributed by atoms with Gasteiger partial charge in [-0.15, -0.1) is 0 Å². The summed E-state index contributed by atoms with van der Waals surface area (Å²) < 4.78 is 0. The Kier molecular flexibility index (Phi) is 3.24. The molecular formula is C5H13N5. The first-order chi connectivity index (χ1) is 4.54. The highest BCUT2D eigenvalue weighted by Gasteiger charge is 1.96. The maximum atomic E-state index is 7.25. The summed E-state index contributed by atoms with van der Waals surface area (Å²) in [5, 5.41) is 16.5. The lowest BCUT2D eigenvalue weighted by molar-refractivity contribution is 0.602. The molecule has 0 spiro atoms. The van der Waals surface area contributed by atoms with Crippen LogP contribution in [0.2, 0.25) is 0 Å². The molecule has 0 aromatic carbocycles. The van der Waals surface area contributed by atoms with E-state index in [1.165, 1.54) is 0 Å². The molecule has 0 aliphatic rings. The molecule has 5 nitrogen and oxygen atoms in total. The molecule has 0 aromatic heterocycles. The Bertz CT molecular complexity index is 139. The number of nitrogens with two attached hydrogens (primary N) is 1. The third-order valence-electron chi connectivity index (χ3n) is 0.986. The monoisotopic (exact) mass is 143 g/mol. The van der Waals surface area contributed by atoms with Crippen molar-refractivity contribution in [2.75, 3.05) is 20.6 Å². The van der Waals surface area contributed by atoms with Crippen LogP contribution in [0.3, 0.4) is 0 Å². The van der Waals surface area contributed by atoms with Gasteiger partial charge < -0.3 is 16.0 Å². The number of nitrogens with zero attached hydrogens (tertiary/aromatic N) is 1. The molecule has 0 fully saturated rings. The van der Waals surface area contributed by atoms with Crippen molar-refractivity contribution >= 4 is 11.8 Å². The van der Waals surface area contributed by atoms with E-state index in [0.717, 1.165) is 0 Å². The van der Waals surface area contributed by atoms with E-state index >= 15 is 0 Å². The standard InChI is InChI=1S/C5H13N5/c1-10(2)4(6)3-9-5(7)8/h6H,3H2,1-2H3,(H4,7,8,9). The zero-order valence-electron chi connectivity index (χ0n) is 6.23. The molecule has 0 saturated carbocycles. The molecule has 0 aliphatic carbocycles. The lowest BCUT2D eigenvalue weighted by Crippen LogP contribution is -2.38. The summed E-state index contributed by atoms with van der Waals surface area (Å²) >= 11 is 0. The van der Waals surface area contributed by atoms with Gasteiger partial charge in [0.2, 0.25) is 0 Å². The van der Waals surface area contributed by atoms with Crippen LogP contribution in [0.5, 0.6) is 0 Å². The van der Waals surface area contributed by atoms with Crippen LogP contribution in [0, 0.1) is 10.8 Å². The van der Waals surface area contributed by atoms with E-state index in [4.69, 9.17) is 16.6 Å². The van der Waals surface area contributed by atoms with Crippen LogP contribution in [0.25, 0.3) is 0 Å². The molecule has 5 N–H and O–H groups in total. The fraction of sp³-hybridized carbons (Fsp3) is 0.600. The van der Waals surface area contributed by atoms with Gasteiger partial charge in [0.25, 0.3) is 0 Å². The normalized spacial score (nSPS) is 8.60. The van der Waals surface area contributed by atoms with E-state index in [2.05, 4.69) is 5.32 Å². The molecule has 0 aromatic rings. The summed E-state index contributed by atoms with van der Waals surface area (Å²) in [5.74, 6) is 0.293. The summed E-state index contributed by atoms with van der Waals surface area (Å²) in [6.07, 6.45) is 0. The van der Waals surface area contributed by atoms with Gasteiger partial charge in [0.05, 0.1) is 6.54 Å².